The van der Waals surface area contributed by atoms with E-state index in [0.29, 0.717) is 5.89 Å². The largest absolute Gasteiger partial charge is 0.436 e. The lowest BCUT2D eigenvalue weighted by atomic mass is 10.2. The molecule has 4 aromatic rings. The van der Waals surface area contributed by atoms with Crippen LogP contribution in [0.15, 0.2) is 77.5 Å². The van der Waals surface area contributed by atoms with Crippen molar-refractivity contribution in [2.24, 2.45) is 0 Å². The molecule has 0 atom stereocenters. The minimum atomic E-state index is 0.658. The predicted octanol–water partition coefficient (Wildman–Crippen LogP) is 4.29. The van der Waals surface area contributed by atoms with Crippen LogP contribution < -0.4 is 0 Å². The summed E-state index contributed by atoms with van der Waals surface area (Å²) in [5, 5.41) is 0. The molecule has 0 amide bonds. The maximum atomic E-state index is 5.77. The molecule has 4 rings (SSSR count). The van der Waals surface area contributed by atoms with Gasteiger partial charge in [0.1, 0.15) is 5.52 Å². The first-order valence-electron chi connectivity index (χ1n) is 6.49. The molecule has 0 aliphatic carbocycles. The van der Waals surface area contributed by atoms with Gasteiger partial charge < -0.3 is 8.98 Å². The van der Waals surface area contributed by atoms with Gasteiger partial charge in [0.15, 0.2) is 5.58 Å². The van der Waals surface area contributed by atoms with Crippen molar-refractivity contribution in [3.05, 3.63) is 73.1 Å². The molecule has 0 N–H and O–H groups in total. The van der Waals surface area contributed by atoms with Crippen molar-refractivity contribution >= 4 is 11.1 Å². The van der Waals surface area contributed by atoms with E-state index in [9.17, 15) is 0 Å². The molecular weight excluding hydrogens is 248 g/mol. The number of rotatable bonds is 2. The Morgan fingerprint density at radius 2 is 1.55 bits per heavy atom. The Bertz CT molecular complexity index is 809. The molecular formula is C17H12N2O. The van der Waals surface area contributed by atoms with Gasteiger partial charge in [-0.3, -0.25) is 0 Å². The summed E-state index contributed by atoms with van der Waals surface area (Å²) >= 11 is 0. The summed E-state index contributed by atoms with van der Waals surface area (Å²) in [5.74, 6) is 0.658. The van der Waals surface area contributed by atoms with Crippen LogP contribution in [0.4, 0.5) is 0 Å². The Balaban J connectivity index is 1.75. The number of benzene rings is 2. The van der Waals surface area contributed by atoms with Gasteiger partial charge in [0.25, 0.3) is 0 Å². The lowest BCUT2D eigenvalue weighted by Crippen LogP contribution is -1.88. The molecule has 0 aliphatic heterocycles. The van der Waals surface area contributed by atoms with Crippen LogP contribution >= 0.6 is 0 Å². The Kier molecular flexibility index (Phi) is 2.42. The van der Waals surface area contributed by atoms with Gasteiger partial charge in [0, 0.05) is 23.6 Å². The second-order valence-corrected chi connectivity index (χ2v) is 4.62. The molecule has 96 valence electrons. The number of nitrogens with zero attached hydrogens (tertiary/aromatic N) is 2. The number of hydrogen-bond donors (Lipinski definition) is 0. The van der Waals surface area contributed by atoms with Crippen molar-refractivity contribution in [1.82, 2.24) is 9.55 Å². The quantitative estimate of drug-likeness (QED) is 0.538. The van der Waals surface area contributed by atoms with Crippen LogP contribution in [0.1, 0.15) is 0 Å². The third kappa shape index (κ3) is 1.80. The molecule has 0 bridgehead atoms. The van der Waals surface area contributed by atoms with E-state index in [2.05, 4.69) is 21.7 Å². The van der Waals surface area contributed by atoms with Gasteiger partial charge in [0.05, 0.1) is 0 Å². The van der Waals surface area contributed by atoms with E-state index in [0.717, 1.165) is 22.4 Å². The summed E-state index contributed by atoms with van der Waals surface area (Å²) in [5.41, 5.74) is 3.81. The minimum Gasteiger partial charge on any atom is -0.436 e. The third-order valence-electron chi connectivity index (χ3n) is 3.31. The average molecular weight is 260 g/mol. The number of hydrogen-bond acceptors (Lipinski definition) is 2. The summed E-state index contributed by atoms with van der Waals surface area (Å²) in [4.78, 5) is 4.50. The van der Waals surface area contributed by atoms with Gasteiger partial charge >= 0.3 is 0 Å². The Hall–Kier alpha value is -2.81. The summed E-state index contributed by atoms with van der Waals surface area (Å²) in [6.45, 7) is 0. The zero-order chi connectivity index (χ0) is 13.4. The molecule has 0 saturated heterocycles. The zero-order valence-corrected chi connectivity index (χ0v) is 10.7. The maximum Gasteiger partial charge on any atom is 0.227 e. The van der Waals surface area contributed by atoms with Crippen molar-refractivity contribution in [1.29, 1.82) is 0 Å². The lowest BCUT2D eigenvalue weighted by Gasteiger charge is -2.03. The highest BCUT2D eigenvalue weighted by Gasteiger charge is 2.07. The summed E-state index contributed by atoms with van der Waals surface area (Å²) in [7, 11) is 0. The van der Waals surface area contributed by atoms with Crippen LogP contribution in [0.3, 0.4) is 0 Å². The first-order chi connectivity index (χ1) is 9.90. The molecule has 0 saturated carbocycles. The molecule has 0 unspecified atom stereocenters. The first kappa shape index (κ1) is 11.1. The fourth-order valence-corrected chi connectivity index (χ4v) is 2.28. The van der Waals surface area contributed by atoms with Crippen molar-refractivity contribution in [3.63, 3.8) is 0 Å². The molecule has 2 aromatic carbocycles. The molecule has 0 spiro atoms. The molecule has 2 heterocycles. The molecule has 20 heavy (non-hydrogen) atoms. The number of para-hydroxylation sites is 2. The monoisotopic (exact) mass is 260 g/mol. The van der Waals surface area contributed by atoms with E-state index in [-0.39, 0.29) is 0 Å². The first-order valence-corrected chi connectivity index (χ1v) is 6.49. The minimum absolute atomic E-state index is 0.658. The summed E-state index contributed by atoms with van der Waals surface area (Å²) < 4.78 is 7.83. The van der Waals surface area contributed by atoms with E-state index in [4.69, 9.17) is 4.42 Å². The third-order valence-corrected chi connectivity index (χ3v) is 3.31. The zero-order valence-electron chi connectivity index (χ0n) is 10.7. The van der Waals surface area contributed by atoms with E-state index >= 15 is 0 Å². The fraction of sp³-hybridized carbons (Fsp3) is 0. The average Bonchev–Trinajstić information content (AvgIpc) is 3.17. The highest BCUT2D eigenvalue weighted by atomic mass is 16.3. The second-order valence-electron chi connectivity index (χ2n) is 4.62. The van der Waals surface area contributed by atoms with Crippen LogP contribution in [0.5, 0.6) is 0 Å². The van der Waals surface area contributed by atoms with E-state index in [1.165, 1.54) is 0 Å². The van der Waals surface area contributed by atoms with Gasteiger partial charge in [-0.15, -0.1) is 0 Å². The molecule has 3 heteroatoms. The van der Waals surface area contributed by atoms with Gasteiger partial charge in [-0.1, -0.05) is 12.1 Å². The highest BCUT2D eigenvalue weighted by Crippen LogP contribution is 2.24. The van der Waals surface area contributed by atoms with Gasteiger partial charge in [-0.05, 0) is 48.5 Å². The Morgan fingerprint density at radius 3 is 2.30 bits per heavy atom. The molecule has 0 aliphatic rings. The van der Waals surface area contributed by atoms with Gasteiger partial charge in [-0.2, -0.15) is 0 Å². The fourth-order valence-electron chi connectivity index (χ4n) is 2.28. The topological polar surface area (TPSA) is 31.0 Å². The number of oxazole rings is 1. The second kappa shape index (κ2) is 4.38. The van der Waals surface area contributed by atoms with Crippen LogP contribution in [0, 0.1) is 0 Å². The van der Waals surface area contributed by atoms with Crippen molar-refractivity contribution in [2.45, 2.75) is 0 Å². The lowest BCUT2D eigenvalue weighted by molar-refractivity contribution is 0.620. The maximum absolute atomic E-state index is 5.77. The Morgan fingerprint density at radius 1 is 0.800 bits per heavy atom. The van der Waals surface area contributed by atoms with Crippen molar-refractivity contribution in [2.75, 3.05) is 0 Å². The molecule has 2 aromatic heterocycles. The van der Waals surface area contributed by atoms with E-state index < -0.39 is 0 Å². The van der Waals surface area contributed by atoms with Gasteiger partial charge in [-0.25, -0.2) is 4.98 Å². The standard InChI is InChI=1S/C17H12N2O/c1-2-6-16-15(5-1)18-17(20-16)13-7-9-14(10-8-13)19-11-3-4-12-19/h1-12H. The summed E-state index contributed by atoms with van der Waals surface area (Å²) in [6, 6.07) is 20.0. The SMILES string of the molecule is c1ccc2oc(-c3ccc(-n4cccc4)cc3)nc2c1. The van der Waals surface area contributed by atoms with E-state index in [1.807, 2.05) is 60.9 Å². The van der Waals surface area contributed by atoms with Crippen LogP contribution in [0.2, 0.25) is 0 Å². The normalized spacial score (nSPS) is 11.0. The van der Waals surface area contributed by atoms with Gasteiger partial charge in [0.2, 0.25) is 5.89 Å². The Labute approximate surface area is 116 Å². The molecule has 3 nitrogen and oxygen atoms in total. The van der Waals surface area contributed by atoms with Crippen molar-refractivity contribution in [3.8, 4) is 17.1 Å². The molecule has 0 fully saturated rings. The van der Waals surface area contributed by atoms with E-state index in [1.54, 1.807) is 0 Å². The number of aromatic nitrogens is 2. The number of fused-ring (bicyclic) bond motifs is 1. The van der Waals surface area contributed by atoms with Crippen LogP contribution in [-0.4, -0.2) is 9.55 Å². The predicted molar refractivity (Wildman–Crippen MR) is 78.8 cm³/mol. The van der Waals surface area contributed by atoms with Crippen LogP contribution in [0.25, 0.3) is 28.2 Å². The highest BCUT2D eigenvalue weighted by molar-refractivity contribution is 5.76. The smallest absolute Gasteiger partial charge is 0.227 e. The van der Waals surface area contributed by atoms with Crippen molar-refractivity contribution < 1.29 is 4.42 Å². The van der Waals surface area contributed by atoms with Crippen LogP contribution in [-0.2, 0) is 0 Å². The summed E-state index contributed by atoms with van der Waals surface area (Å²) in [6.07, 6.45) is 4.04. The molecule has 0 radical (unpaired) electrons.